The Morgan fingerprint density at radius 2 is 1.81 bits per heavy atom. The molecule has 27 heavy (non-hydrogen) atoms. The molecule has 2 aromatic heterocycles. The van der Waals surface area contributed by atoms with Crippen LogP contribution in [0.4, 0.5) is 0 Å². The average Bonchev–Trinajstić information content (AvgIpc) is 3.07. The zero-order valence-corrected chi connectivity index (χ0v) is 15.7. The minimum Gasteiger partial charge on any atom is -0.298 e. The first-order chi connectivity index (χ1) is 13.1. The largest absolute Gasteiger partial charge is 0.298 e. The summed E-state index contributed by atoms with van der Waals surface area (Å²) in [5, 5.41) is 0.827. The van der Waals surface area contributed by atoms with Crippen molar-refractivity contribution in [3.63, 3.8) is 0 Å². The monoisotopic (exact) mass is 375 g/mol. The van der Waals surface area contributed by atoms with E-state index in [1.165, 1.54) is 5.56 Å². The topological polar surface area (TPSA) is 64.8 Å². The van der Waals surface area contributed by atoms with Crippen LogP contribution in [0, 0.1) is 6.92 Å². The van der Waals surface area contributed by atoms with Crippen molar-refractivity contribution in [1.29, 1.82) is 0 Å². The SMILES string of the molecule is Cc1cccc(-c2cnc(-n3cc(S(C)=O)c4ccc(C=O)cc43)nc2)c1. The molecule has 2 aromatic carbocycles. The van der Waals surface area contributed by atoms with E-state index in [9.17, 15) is 9.00 Å². The molecule has 0 saturated heterocycles. The highest BCUT2D eigenvalue weighted by atomic mass is 32.2. The van der Waals surface area contributed by atoms with Gasteiger partial charge in [-0.15, -0.1) is 0 Å². The second-order valence-corrected chi connectivity index (χ2v) is 7.70. The lowest BCUT2D eigenvalue weighted by Gasteiger charge is -2.06. The molecule has 0 aliphatic carbocycles. The smallest absolute Gasteiger partial charge is 0.234 e. The summed E-state index contributed by atoms with van der Waals surface area (Å²) in [6.45, 7) is 2.04. The molecule has 0 bridgehead atoms. The number of rotatable bonds is 4. The minimum absolute atomic E-state index is 0.469. The lowest BCUT2D eigenvalue weighted by Crippen LogP contribution is -2.00. The number of fused-ring (bicyclic) bond motifs is 1. The van der Waals surface area contributed by atoms with Crippen molar-refractivity contribution in [3.05, 3.63) is 72.2 Å². The van der Waals surface area contributed by atoms with E-state index in [-0.39, 0.29) is 0 Å². The van der Waals surface area contributed by atoms with Crippen LogP contribution in [-0.4, -0.2) is 31.3 Å². The molecular formula is C21H17N3O2S. The maximum atomic E-state index is 12.1. The number of aromatic nitrogens is 3. The first-order valence-corrected chi connectivity index (χ1v) is 9.96. The van der Waals surface area contributed by atoms with Crippen molar-refractivity contribution in [2.24, 2.45) is 0 Å². The van der Waals surface area contributed by atoms with Crippen LogP contribution in [0.5, 0.6) is 0 Å². The van der Waals surface area contributed by atoms with Crippen molar-refractivity contribution in [2.75, 3.05) is 6.26 Å². The van der Waals surface area contributed by atoms with Crippen LogP contribution in [0.1, 0.15) is 15.9 Å². The summed E-state index contributed by atoms with van der Waals surface area (Å²) >= 11 is 0. The van der Waals surface area contributed by atoms with Gasteiger partial charge in [0.25, 0.3) is 0 Å². The van der Waals surface area contributed by atoms with Crippen LogP contribution in [0.2, 0.25) is 0 Å². The number of carbonyl (C=O) groups is 1. The summed E-state index contributed by atoms with van der Waals surface area (Å²) in [4.78, 5) is 20.9. The summed E-state index contributed by atoms with van der Waals surface area (Å²) in [7, 11) is -1.17. The normalized spacial score (nSPS) is 12.2. The van der Waals surface area contributed by atoms with Crippen LogP contribution < -0.4 is 0 Å². The third-order valence-electron chi connectivity index (χ3n) is 4.44. The predicted octanol–water partition coefficient (Wildman–Crippen LogP) is 3.95. The molecular weight excluding hydrogens is 358 g/mol. The molecule has 0 N–H and O–H groups in total. The fourth-order valence-corrected chi connectivity index (χ4v) is 3.84. The fourth-order valence-electron chi connectivity index (χ4n) is 3.10. The van der Waals surface area contributed by atoms with Gasteiger partial charge in [0.05, 0.1) is 21.2 Å². The molecule has 0 aliphatic heterocycles. The van der Waals surface area contributed by atoms with Gasteiger partial charge in [-0.1, -0.05) is 42.0 Å². The highest BCUT2D eigenvalue weighted by Gasteiger charge is 2.14. The molecule has 0 spiro atoms. The van der Waals surface area contributed by atoms with Gasteiger partial charge in [0.15, 0.2) is 0 Å². The maximum Gasteiger partial charge on any atom is 0.234 e. The van der Waals surface area contributed by atoms with Gasteiger partial charge in [0.1, 0.15) is 6.29 Å². The minimum atomic E-state index is -1.17. The van der Waals surface area contributed by atoms with Gasteiger partial charge >= 0.3 is 0 Å². The lowest BCUT2D eigenvalue weighted by molar-refractivity contribution is 0.112. The molecule has 4 aromatic rings. The summed E-state index contributed by atoms with van der Waals surface area (Å²) in [5.74, 6) is 0.469. The van der Waals surface area contributed by atoms with E-state index < -0.39 is 10.8 Å². The second kappa shape index (κ2) is 6.89. The number of benzene rings is 2. The summed E-state index contributed by atoms with van der Waals surface area (Å²) < 4.78 is 13.9. The summed E-state index contributed by atoms with van der Waals surface area (Å²) in [6.07, 6.45) is 7.75. The van der Waals surface area contributed by atoms with E-state index in [0.29, 0.717) is 16.4 Å². The van der Waals surface area contributed by atoms with E-state index in [0.717, 1.165) is 28.3 Å². The molecule has 0 fully saturated rings. The molecule has 0 amide bonds. The van der Waals surface area contributed by atoms with Crippen LogP contribution in [0.25, 0.3) is 28.0 Å². The van der Waals surface area contributed by atoms with E-state index in [1.807, 2.05) is 31.2 Å². The third kappa shape index (κ3) is 3.19. The Morgan fingerprint density at radius 3 is 2.48 bits per heavy atom. The number of carbonyl (C=O) groups excluding carboxylic acids is 1. The first-order valence-electron chi connectivity index (χ1n) is 8.40. The molecule has 0 saturated carbocycles. The van der Waals surface area contributed by atoms with Gasteiger partial charge in [0, 0.05) is 41.4 Å². The zero-order chi connectivity index (χ0) is 19.0. The molecule has 4 rings (SSSR count). The molecule has 0 radical (unpaired) electrons. The van der Waals surface area contributed by atoms with Crippen LogP contribution in [0.3, 0.4) is 0 Å². The molecule has 1 atom stereocenters. The van der Waals surface area contributed by atoms with E-state index in [2.05, 4.69) is 16.0 Å². The van der Waals surface area contributed by atoms with Gasteiger partial charge in [-0.25, -0.2) is 9.97 Å². The highest BCUT2D eigenvalue weighted by Crippen LogP contribution is 2.27. The van der Waals surface area contributed by atoms with Crippen molar-refractivity contribution >= 4 is 28.0 Å². The Balaban J connectivity index is 1.84. The Morgan fingerprint density at radius 1 is 1.04 bits per heavy atom. The number of aldehydes is 1. The zero-order valence-electron chi connectivity index (χ0n) is 14.9. The predicted molar refractivity (Wildman–Crippen MR) is 107 cm³/mol. The highest BCUT2D eigenvalue weighted by molar-refractivity contribution is 7.84. The van der Waals surface area contributed by atoms with Gasteiger partial charge in [0.2, 0.25) is 5.95 Å². The standard InChI is InChI=1S/C21H17N3O2S/c1-14-4-3-5-16(8-14)17-10-22-21(23-11-17)24-12-20(27(2)26)18-7-6-15(13-25)9-19(18)24/h3-13H,1-2H3. The number of nitrogens with zero attached hydrogens (tertiary/aromatic N) is 3. The van der Waals surface area contributed by atoms with Crippen LogP contribution in [0.15, 0.2) is 66.0 Å². The van der Waals surface area contributed by atoms with E-state index >= 15 is 0 Å². The fraction of sp³-hybridized carbons (Fsp3) is 0.0952. The Hall–Kier alpha value is -3.12. The van der Waals surface area contributed by atoms with E-state index in [1.54, 1.807) is 41.5 Å². The average molecular weight is 375 g/mol. The third-order valence-corrected chi connectivity index (χ3v) is 5.39. The number of aryl methyl sites for hydroxylation is 1. The van der Waals surface area contributed by atoms with Crippen molar-refractivity contribution in [2.45, 2.75) is 11.8 Å². The van der Waals surface area contributed by atoms with E-state index in [4.69, 9.17) is 0 Å². The summed E-state index contributed by atoms with van der Waals surface area (Å²) in [5.41, 5.74) is 4.45. The van der Waals surface area contributed by atoms with Crippen LogP contribution in [-0.2, 0) is 10.8 Å². The summed E-state index contributed by atoms with van der Waals surface area (Å²) in [6, 6.07) is 13.4. The molecule has 5 nitrogen and oxygen atoms in total. The van der Waals surface area contributed by atoms with Gasteiger partial charge in [-0.3, -0.25) is 13.6 Å². The molecule has 2 heterocycles. The number of hydrogen-bond acceptors (Lipinski definition) is 4. The van der Waals surface area contributed by atoms with Crippen molar-refractivity contribution in [3.8, 4) is 17.1 Å². The molecule has 6 heteroatoms. The molecule has 0 aliphatic rings. The Labute approximate surface area is 159 Å². The molecule has 134 valence electrons. The van der Waals surface area contributed by atoms with Crippen LogP contribution >= 0.6 is 0 Å². The van der Waals surface area contributed by atoms with Gasteiger partial charge < -0.3 is 0 Å². The maximum absolute atomic E-state index is 12.1. The van der Waals surface area contributed by atoms with Crippen molar-refractivity contribution in [1.82, 2.24) is 14.5 Å². The Kier molecular flexibility index (Phi) is 4.41. The first kappa shape index (κ1) is 17.3. The van der Waals surface area contributed by atoms with Gasteiger partial charge in [-0.2, -0.15) is 0 Å². The second-order valence-electron chi connectivity index (χ2n) is 6.35. The van der Waals surface area contributed by atoms with Crippen molar-refractivity contribution < 1.29 is 9.00 Å². The lowest BCUT2D eigenvalue weighted by atomic mass is 10.1. The number of hydrogen-bond donors (Lipinski definition) is 0. The van der Waals surface area contributed by atoms with Gasteiger partial charge in [-0.05, 0) is 18.6 Å². The Bertz CT molecular complexity index is 1180. The molecule has 1 unspecified atom stereocenters. The quantitative estimate of drug-likeness (QED) is 0.507.